The first kappa shape index (κ1) is 24.2. The molecule has 5 nitrogen and oxygen atoms in total. The highest BCUT2D eigenvalue weighted by Crippen LogP contribution is 2.10. The fourth-order valence-electron chi connectivity index (χ4n) is 3.00. The molecule has 2 N–H and O–H groups in total. The van der Waals surface area contributed by atoms with Gasteiger partial charge in [-0.05, 0) is 51.5 Å². The number of ether oxygens (including phenoxy) is 2. The van der Waals surface area contributed by atoms with E-state index in [1.807, 2.05) is 0 Å². The summed E-state index contributed by atoms with van der Waals surface area (Å²) >= 11 is 0. The predicted octanol–water partition coefficient (Wildman–Crippen LogP) is 3.77. The average Bonchev–Trinajstić information content (AvgIpc) is 2.68. The topological polar surface area (TPSA) is 54.9 Å². The van der Waals surface area contributed by atoms with Crippen molar-refractivity contribution in [3.8, 4) is 0 Å². The molecule has 1 atom stereocenters. The Morgan fingerprint density at radius 3 is 2.70 bits per heavy atom. The van der Waals surface area contributed by atoms with Gasteiger partial charge in [0.25, 0.3) is 0 Å². The molecule has 1 aromatic carbocycles. The second-order valence-electron chi connectivity index (χ2n) is 6.87. The minimum absolute atomic E-state index is 0. The molecule has 27 heavy (non-hydrogen) atoms. The number of aryl methyl sites for hydroxylation is 1. The fourth-order valence-corrected chi connectivity index (χ4v) is 3.00. The molecule has 6 heteroatoms. The average molecular weight is 489 g/mol. The van der Waals surface area contributed by atoms with Crippen LogP contribution in [0.1, 0.15) is 45.1 Å². The van der Waals surface area contributed by atoms with Crippen molar-refractivity contribution in [2.75, 3.05) is 32.9 Å². The van der Waals surface area contributed by atoms with E-state index in [4.69, 9.17) is 9.47 Å². The summed E-state index contributed by atoms with van der Waals surface area (Å²) in [6.07, 6.45) is 5.52. The van der Waals surface area contributed by atoms with Crippen LogP contribution in [0.25, 0.3) is 0 Å². The lowest BCUT2D eigenvalue weighted by Gasteiger charge is -2.22. The summed E-state index contributed by atoms with van der Waals surface area (Å²) in [5.74, 6) is 0.902. The Morgan fingerprint density at radius 1 is 1.26 bits per heavy atom. The van der Waals surface area contributed by atoms with E-state index in [1.165, 1.54) is 5.56 Å². The maximum absolute atomic E-state index is 5.90. The number of halogens is 1. The number of nitrogens with zero attached hydrogens (tertiary/aromatic N) is 1. The third-order valence-corrected chi connectivity index (χ3v) is 4.53. The molecule has 0 aliphatic carbocycles. The van der Waals surface area contributed by atoms with Gasteiger partial charge in [0, 0.05) is 39.0 Å². The first-order valence-electron chi connectivity index (χ1n) is 10.1. The zero-order valence-corrected chi connectivity index (χ0v) is 19.1. The van der Waals surface area contributed by atoms with Gasteiger partial charge >= 0.3 is 0 Å². The second-order valence-corrected chi connectivity index (χ2v) is 6.87. The van der Waals surface area contributed by atoms with Gasteiger partial charge < -0.3 is 20.1 Å². The fraction of sp³-hybridized carbons (Fsp3) is 0.667. The van der Waals surface area contributed by atoms with E-state index in [-0.39, 0.29) is 24.0 Å². The van der Waals surface area contributed by atoms with Crippen LogP contribution in [0.5, 0.6) is 0 Å². The first-order chi connectivity index (χ1) is 12.8. The van der Waals surface area contributed by atoms with Gasteiger partial charge in [-0.2, -0.15) is 0 Å². The van der Waals surface area contributed by atoms with E-state index < -0.39 is 0 Å². The largest absolute Gasteiger partial charge is 0.381 e. The lowest BCUT2D eigenvalue weighted by Crippen LogP contribution is -2.42. The van der Waals surface area contributed by atoms with E-state index in [0.29, 0.717) is 12.1 Å². The van der Waals surface area contributed by atoms with Gasteiger partial charge in [-0.1, -0.05) is 30.3 Å². The van der Waals surface area contributed by atoms with Crippen molar-refractivity contribution in [1.82, 2.24) is 10.6 Å². The summed E-state index contributed by atoms with van der Waals surface area (Å²) in [7, 11) is 0. The standard InChI is InChI=1S/C21H35N3O2.HI/c1-3-22-21(23-14-7-15-26-20-12-16-25-17-13-20)24-18(2)10-11-19-8-5-4-6-9-19;/h4-6,8-9,18,20H,3,7,10-17H2,1-2H3,(H2,22,23,24);1H. The number of aliphatic imine (C=N–C) groups is 1. The summed E-state index contributed by atoms with van der Waals surface area (Å²) in [6.45, 7) is 8.40. The van der Waals surface area contributed by atoms with E-state index in [2.05, 4.69) is 59.8 Å². The highest BCUT2D eigenvalue weighted by Gasteiger charge is 2.13. The Labute approximate surface area is 181 Å². The van der Waals surface area contributed by atoms with Crippen LogP contribution >= 0.6 is 24.0 Å². The van der Waals surface area contributed by atoms with Gasteiger partial charge in [0.2, 0.25) is 0 Å². The lowest BCUT2D eigenvalue weighted by atomic mass is 10.1. The molecule has 1 fully saturated rings. The first-order valence-corrected chi connectivity index (χ1v) is 10.1. The number of hydrogen-bond acceptors (Lipinski definition) is 3. The Bertz CT molecular complexity index is 507. The van der Waals surface area contributed by atoms with Crippen LogP contribution in [0, 0.1) is 0 Å². The molecular weight excluding hydrogens is 453 g/mol. The van der Waals surface area contributed by atoms with Crippen LogP contribution < -0.4 is 10.6 Å². The zero-order valence-electron chi connectivity index (χ0n) is 16.8. The molecule has 0 amide bonds. The molecule has 1 unspecified atom stereocenters. The zero-order chi connectivity index (χ0) is 18.5. The Balaban J connectivity index is 0.00000364. The molecule has 2 rings (SSSR count). The Hall–Kier alpha value is -0.860. The van der Waals surface area contributed by atoms with Crippen LogP contribution in [0.2, 0.25) is 0 Å². The van der Waals surface area contributed by atoms with Crippen molar-refractivity contribution in [1.29, 1.82) is 0 Å². The molecule has 0 bridgehead atoms. The summed E-state index contributed by atoms with van der Waals surface area (Å²) in [6, 6.07) is 11.0. The maximum Gasteiger partial charge on any atom is 0.191 e. The molecule has 0 radical (unpaired) electrons. The highest BCUT2D eigenvalue weighted by molar-refractivity contribution is 14.0. The van der Waals surface area contributed by atoms with Gasteiger partial charge in [0.05, 0.1) is 6.10 Å². The van der Waals surface area contributed by atoms with Crippen LogP contribution in [-0.2, 0) is 15.9 Å². The molecule has 1 heterocycles. The summed E-state index contributed by atoms with van der Waals surface area (Å²) in [4.78, 5) is 4.68. The van der Waals surface area contributed by atoms with Gasteiger partial charge in [0.1, 0.15) is 0 Å². The smallest absolute Gasteiger partial charge is 0.191 e. The number of guanidine groups is 1. The number of nitrogens with one attached hydrogen (secondary N) is 2. The van der Waals surface area contributed by atoms with Crippen LogP contribution in [0.3, 0.4) is 0 Å². The van der Waals surface area contributed by atoms with Crippen molar-refractivity contribution in [2.24, 2.45) is 4.99 Å². The Kier molecular flexibility index (Phi) is 13.5. The van der Waals surface area contributed by atoms with Crippen LogP contribution in [-0.4, -0.2) is 51.0 Å². The summed E-state index contributed by atoms with van der Waals surface area (Å²) in [5, 5.41) is 6.84. The molecule has 0 spiro atoms. The monoisotopic (exact) mass is 489 g/mol. The minimum atomic E-state index is 0. The summed E-state index contributed by atoms with van der Waals surface area (Å²) < 4.78 is 11.3. The van der Waals surface area contributed by atoms with Gasteiger partial charge in [-0.3, -0.25) is 4.99 Å². The molecular formula is C21H36IN3O2. The van der Waals surface area contributed by atoms with Crippen molar-refractivity contribution >= 4 is 29.9 Å². The number of benzene rings is 1. The van der Waals surface area contributed by atoms with E-state index in [0.717, 1.165) is 71.0 Å². The third-order valence-electron chi connectivity index (χ3n) is 4.53. The molecule has 154 valence electrons. The minimum Gasteiger partial charge on any atom is -0.381 e. The SMILES string of the molecule is CCNC(=NCCCOC1CCOCC1)NC(C)CCc1ccccc1.I. The van der Waals surface area contributed by atoms with Crippen molar-refractivity contribution in [2.45, 2.75) is 58.1 Å². The third kappa shape index (κ3) is 10.9. The molecule has 1 aromatic rings. The predicted molar refractivity (Wildman–Crippen MR) is 123 cm³/mol. The van der Waals surface area contributed by atoms with Gasteiger partial charge in [0.15, 0.2) is 5.96 Å². The molecule has 1 aliphatic rings. The number of rotatable bonds is 10. The highest BCUT2D eigenvalue weighted by atomic mass is 127. The molecule has 1 saturated heterocycles. The van der Waals surface area contributed by atoms with E-state index >= 15 is 0 Å². The van der Waals surface area contributed by atoms with E-state index in [9.17, 15) is 0 Å². The molecule has 0 saturated carbocycles. The molecule has 0 aromatic heterocycles. The van der Waals surface area contributed by atoms with Crippen LogP contribution in [0.4, 0.5) is 0 Å². The molecule has 1 aliphatic heterocycles. The normalized spacial score (nSPS) is 16.4. The quantitative estimate of drug-likeness (QED) is 0.228. The summed E-state index contributed by atoms with van der Waals surface area (Å²) in [5.41, 5.74) is 1.38. The second kappa shape index (κ2) is 15.1. The van der Waals surface area contributed by atoms with Gasteiger partial charge in [-0.25, -0.2) is 0 Å². The van der Waals surface area contributed by atoms with E-state index in [1.54, 1.807) is 0 Å². The van der Waals surface area contributed by atoms with Crippen molar-refractivity contribution in [3.63, 3.8) is 0 Å². The maximum atomic E-state index is 5.90. The Morgan fingerprint density at radius 2 is 2.00 bits per heavy atom. The van der Waals surface area contributed by atoms with Crippen LogP contribution in [0.15, 0.2) is 35.3 Å². The lowest BCUT2D eigenvalue weighted by molar-refractivity contribution is -0.0318. The number of hydrogen-bond donors (Lipinski definition) is 2. The van der Waals surface area contributed by atoms with Gasteiger partial charge in [-0.15, -0.1) is 24.0 Å². The van der Waals surface area contributed by atoms with Crippen molar-refractivity contribution in [3.05, 3.63) is 35.9 Å². The van der Waals surface area contributed by atoms with Crippen molar-refractivity contribution < 1.29 is 9.47 Å².